The third kappa shape index (κ3) is 3.91. The molecule has 0 unspecified atom stereocenters. The van der Waals surface area contributed by atoms with Crippen LogP contribution in [0.2, 0.25) is 0 Å². The molecule has 0 aliphatic carbocycles. The number of nitrogens with two attached hydrogens (primary N) is 1. The summed E-state index contributed by atoms with van der Waals surface area (Å²) in [7, 11) is -3.75. The SMILES string of the molecule is Cc1cccc(S(=O)(=O)n2ccc(C(=O)NCc3c(C)cc(N)nc3C)c2)c1. The van der Waals surface area contributed by atoms with E-state index in [0.29, 0.717) is 5.82 Å². The molecule has 1 aromatic carbocycles. The van der Waals surface area contributed by atoms with Gasteiger partial charge in [0.2, 0.25) is 0 Å². The topological polar surface area (TPSA) is 107 Å². The van der Waals surface area contributed by atoms with Crippen LogP contribution in [0, 0.1) is 20.8 Å². The molecule has 28 heavy (non-hydrogen) atoms. The fraction of sp³-hybridized carbons (Fsp3) is 0.200. The molecule has 0 spiro atoms. The summed E-state index contributed by atoms with van der Waals surface area (Å²) in [6.45, 7) is 5.83. The summed E-state index contributed by atoms with van der Waals surface area (Å²) < 4.78 is 26.5. The van der Waals surface area contributed by atoms with E-state index in [1.807, 2.05) is 26.8 Å². The van der Waals surface area contributed by atoms with Crippen LogP contribution in [0.1, 0.15) is 32.7 Å². The second-order valence-electron chi connectivity index (χ2n) is 6.66. The number of hydrogen-bond donors (Lipinski definition) is 2. The van der Waals surface area contributed by atoms with Gasteiger partial charge < -0.3 is 11.1 Å². The molecule has 3 rings (SSSR count). The van der Waals surface area contributed by atoms with E-state index in [-0.39, 0.29) is 22.9 Å². The molecule has 2 aromatic heterocycles. The van der Waals surface area contributed by atoms with Crippen molar-refractivity contribution in [1.29, 1.82) is 0 Å². The van der Waals surface area contributed by atoms with Crippen LogP contribution in [0.5, 0.6) is 0 Å². The highest BCUT2D eigenvalue weighted by molar-refractivity contribution is 7.90. The van der Waals surface area contributed by atoms with Gasteiger partial charge in [-0.05, 0) is 61.7 Å². The van der Waals surface area contributed by atoms with E-state index >= 15 is 0 Å². The minimum atomic E-state index is -3.75. The number of aromatic nitrogens is 2. The first-order chi connectivity index (χ1) is 13.2. The molecule has 0 fully saturated rings. The van der Waals surface area contributed by atoms with Crippen LogP contribution in [0.15, 0.2) is 53.7 Å². The van der Waals surface area contributed by atoms with Crippen molar-refractivity contribution in [3.05, 3.63) is 76.7 Å². The summed E-state index contributed by atoms with van der Waals surface area (Å²) in [5.41, 5.74) is 9.39. The molecule has 3 aromatic rings. The summed E-state index contributed by atoms with van der Waals surface area (Å²) in [4.78, 5) is 16.9. The molecule has 0 bridgehead atoms. The van der Waals surface area contributed by atoms with Gasteiger partial charge in [-0.2, -0.15) is 0 Å². The van der Waals surface area contributed by atoms with Crippen molar-refractivity contribution in [2.45, 2.75) is 32.2 Å². The predicted molar refractivity (Wildman–Crippen MR) is 107 cm³/mol. The zero-order chi connectivity index (χ0) is 20.5. The van der Waals surface area contributed by atoms with Gasteiger partial charge in [-0.15, -0.1) is 0 Å². The Morgan fingerprint density at radius 3 is 2.61 bits per heavy atom. The number of pyridine rings is 1. The summed E-state index contributed by atoms with van der Waals surface area (Å²) in [5.74, 6) is 0.0670. The Kier molecular flexibility index (Phi) is 5.24. The van der Waals surface area contributed by atoms with Gasteiger partial charge in [0.15, 0.2) is 0 Å². The maximum absolute atomic E-state index is 12.7. The standard InChI is InChI=1S/C20H22N4O3S/c1-13-5-4-6-17(9-13)28(26,27)24-8-7-16(12-24)20(25)22-11-18-14(2)10-19(21)23-15(18)3/h4-10,12H,11H2,1-3H3,(H2,21,23)(H,22,25). The van der Waals surface area contributed by atoms with Crippen LogP contribution in [0.4, 0.5) is 5.82 Å². The Bertz CT molecular complexity index is 1130. The van der Waals surface area contributed by atoms with Crippen molar-refractivity contribution in [3.8, 4) is 0 Å². The van der Waals surface area contributed by atoms with Crippen molar-refractivity contribution in [2.75, 3.05) is 5.73 Å². The Balaban J connectivity index is 1.78. The van der Waals surface area contributed by atoms with Crippen LogP contribution >= 0.6 is 0 Å². The highest BCUT2D eigenvalue weighted by Crippen LogP contribution is 2.17. The molecule has 7 nitrogen and oxygen atoms in total. The average Bonchev–Trinajstić information content (AvgIpc) is 3.11. The largest absolute Gasteiger partial charge is 0.384 e. The lowest BCUT2D eigenvalue weighted by molar-refractivity contribution is 0.0951. The lowest BCUT2D eigenvalue weighted by atomic mass is 10.1. The summed E-state index contributed by atoms with van der Waals surface area (Å²) in [5, 5.41) is 2.80. The Labute approximate surface area is 164 Å². The quantitative estimate of drug-likeness (QED) is 0.687. The van der Waals surface area contributed by atoms with E-state index in [4.69, 9.17) is 5.73 Å². The number of anilines is 1. The minimum absolute atomic E-state index is 0.175. The summed E-state index contributed by atoms with van der Waals surface area (Å²) in [6.07, 6.45) is 2.68. The number of hydrogen-bond acceptors (Lipinski definition) is 5. The van der Waals surface area contributed by atoms with E-state index < -0.39 is 10.0 Å². The van der Waals surface area contributed by atoms with Crippen molar-refractivity contribution in [2.24, 2.45) is 0 Å². The first kappa shape index (κ1) is 19.6. The first-order valence-corrected chi connectivity index (χ1v) is 10.1. The van der Waals surface area contributed by atoms with E-state index in [1.54, 1.807) is 18.2 Å². The van der Waals surface area contributed by atoms with E-state index in [1.165, 1.54) is 24.5 Å². The third-order valence-electron chi connectivity index (χ3n) is 4.49. The second-order valence-corrected chi connectivity index (χ2v) is 8.51. The van der Waals surface area contributed by atoms with Gasteiger partial charge in [-0.3, -0.25) is 4.79 Å². The molecule has 0 saturated carbocycles. The van der Waals surface area contributed by atoms with Crippen molar-refractivity contribution in [1.82, 2.24) is 14.3 Å². The molecule has 3 N–H and O–H groups in total. The minimum Gasteiger partial charge on any atom is -0.384 e. The molecule has 0 saturated heterocycles. The summed E-state index contributed by atoms with van der Waals surface area (Å²) >= 11 is 0. The smallest absolute Gasteiger partial charge is 0.267 e. The Morgan fingerprint density at radius 1 is 1.18 bits per heavy atom. The third-order valence-corrected chi connectivity index (χ3v) is 6.13. The maximum atomic E-state index is 12.7. The molecule has 1 amide bonds. The number of benzene rings is 1. The number of aryl methyl sites for hydroxylation is 3. The zero-order valence-corrected chi connectivity index (χ0v) is 16.7. The monoisotopic (exact) mass is 398 g/mol. The van der Waals surface area contributed by atoms with Gasteiger partial charge in [0.1, 0.15) is 5.82 Å². The summed E-state index contributed by atoms with van der Waals surface area (Å²) in [6, 6.07) is 9.85. The number of rotatable bonds is 5. The fourth-order valence-electron chi connectivity index (χ4n) is 2.98. The zero-order valence-electron chi connectivity index (χ0n) is 15.9. The second kappa shape index (κ2) is 7.47. The number of carbonyl (C=O) groups is 1. The van der Waals surface area contributed by atoms with E-state index in [2.05, 4.69) is 10.3 Å². The molecule has 8 heteroatoms. The van der Waals surface area contributed by atoms with E-state index in [9.17, 15) is 13.2 Å². The van der Waals surface area contributed by atoms with Crippen LogP contribution in [-0.2, 0) is 16.6 Å². The molecule has 0 aliphatic rings. The molecule has 0 aliphatic heterocycles. The maximum Gasteiger partial charge on any atom is 0.267 e. The van der Waals surface area contributed by atoms with Gasteiger partial charge in [-0.1, -0.05) is 12.1 Å². The molecular formula is C20H22N4O3S. The lowest BCUT2D eigenvalue weighted by Crippen LogP contribution is -2.24. The van der Waals surface area contributed by atoms with Crippen LogP contribution in [0.25, 0.3) is 0 Å². The van der Waals surface area contributed by atoms with Crippen LogP contribution < -0.4 is 11.1 Å². The van der Waals surface area contributed by atoms with Crippen molar-refractivity contribution < 1.29 is 13.2 Å². The molecular weight excluding hydrogens is 376 g/mol. The van der Waals surface area contributed by atoms with E-state index in [0.717, 1.165) is 26.4 Å². The molecule has 2 heterocycles. The van der Waals surface area contributed by atoms with Gasteiger partial charge in [0.05, 0.1) is 10.5 Å². The highest BCUT2D eigenvalue weighted by atomic mass is 32.2. The number of nitrogens with zero attached hydrogens (tertiary/aromatic N) is 2. The number of nitrogens with one attached hydrogen (secondary N) is 1. The van der Waals surface area contributed by atoms with Gasteiger partial charge in [-0.25, -0.2) is 17.4 Å². The Hall–Kier alpha value is -3.13. The van der Waals surface area contributed by atoms with Crippen LogP contribution in [-0.4, -0.2) is 23.3 Å². The molecule has 146 valence electrons. The average molecular weight is 398 g/mol. The van der Waals surface area contributed by atoms with Crippen molar-refractivity contribution in [3.63, 3.8) is 0 Å². The van der Waals surface area contributed by atoms with Gasteiger partial charge in [0, 0.05) is 24.6 Å². The Morgan fingerprint density at radius 2 is 1.93 bits per heavy atom. The van der Waals surface area contributed by atoms with Gasteiger partial charge in [0.25, 0.3) is 15.9 Å². The number of amides is 1. The number of carbonyl (C=O) groups excluding carboxylic acids is 1. The lowest BCUT2D eigenvalue weighted by Gasteiger charge is -2.11. The normalized spacial score (nSPS) is 11.4. The number of nitrogen functional groups attached to an aromatic ring is 1. The van der Waals surface area contributed by atoms with Gasteiger partial charge >= 0.3 is 0 Å². The molecule has 0 atom stereocenters. The predicted octanol–water partition coefficient (Wildman–Crippen LogP) is 2.56. The highest BCUT2D eigenvalue weighted by Gasteiger charge is 2.19. The fourth-order valence-corrected chi connectivity index (χ4v) is 4.29. The first-order valence-electron chi connectivity index (χ1n) is 8.69. The van der Waals surface area contributed by atoms with Crippen molar-refractivity contribution >= 4 is 21.7 Å². The van der Waals surface area contributed by atoms with Crippen LogP contribution in [0.3, 0.4) is 0 Å². The molecule has 0 radical (unpaired) electrons.